The molecule has 8 aliphatic rings. The molecule has 3 saturated heterocycles. The summed E-state index contributed by atoms with van der Waals surface area (Å²) in [6, 6.07) is 0. The summed E-state index contributed by atoms with van der Waals surface area (Å²) in [5.41, 5.74) is -0.0545. The molecule has 11 N–H and O–H groups in total. The molecule has 2 unspecified atom stereocenters. The van der Waals surface area contributed by atoms with Gasteiger partial charge in [0, 0.05) is 10.8 Å². The van der Waals surface area contributed by atoms with Gasteiger partial charge in [-0.05, 0) is 104 Å². The standard InChI is InChI=1S/C48H78O18/c1-21-29(52)31(54)35(58)40(61-21)65-37-32(55)30(53)24(19-49)62-41(37)66-38-34(57)33(56)36(39(59)60)64-42(38)63-28-12-13-45(5)25(46(28,6)20-50)11-14-48(8)26(45)10-9-22-23-17-43(2,3)18-27(51)44(23,4)15-16-47(22,48)7/h9,21,23-38,40-42,49-58H,10-20H2,1-8H3,(H,59,60)/t21-,23?,24+,25+,26?,27+,28-,29-,30-,31+,32+,33-,34-,35+,36-,37-,38+,40-,41-,42+,44+,45-,46+,47+,48+/m0/s1. The number of fused-ring (bicyclic) bond motifs is 7. The van der Waals surface area contributed by atoms with E-state index in [4.69, 9.17) is 28.4 Å². The predicted octanol–water partition coefficient (Wildman–Crippen LogP) is 0.705. The number of carboxylic acids is 1. The highest BCUT2D eigenvalue weighted by Crippen LogP contribution is 2.76. The van der Waals surface area contributed by atoms with Crippen molar-refractivity contribution in [1.82, 2.24) is 0 Å². The van der Waals surface area contributed by atoms with Crippen LogP contribution in [0.4, 0.5) is 0 Å². The number of carboxylic acid groups (broad SMARTS) is 1. The summed E-state index contributed by atoms with van der Waals surface area (Å²) >= 11 is 0. The summed E-state index contributed by atoms with van der Waals surface area (Å²) in [5, 5.41) is 120. The van der Waals surface area contributed by atoms with E-state index >= 15 is 0 Å². The summed E-state index contributed by atoms with van der Waals surface area (Å²) in [7, 11) is 0. The van der Waals surface area contributed by atoms with Crippen LogP contribution in [0.15, 0.2) is 11.6 Å². The third-order valence-electron chi connectivity index (χ3n) is 19.5. The molecule has 3 heterocycles. The summed E-state index contributed by atoms with van der Waals surface area (Å²) in [6.07, 6.45) is -17.6. The van der Waals surface area contributed by atoms with E-state index in [2.05, 4.69) is 47.6 Å². The molecule has 8 rings (SSSR count). The molecule has 4 saturated carbocycles. The van der Waals surface area contributed by atoms with Crippen LogP contribution < -0.4 is 0 Å². The van der Waals surface area contributed by atoms with E-state index in [0.29, 0.717) is 12.8 Å². The Balaban J connectivity index is 1.08. The number of hydrogen-bond donors (Lipinski definition) is 11. The zero-order valence-corrected chi connectivity index (χ0v) is 39.7. The third kappa shape index (κ3) is 7.78. The Morgan fingerprint density at radius 1 is 0.667 bits per heavy atom. The molecule has 0 aromatic heterocycles. The molecular weight excluding hydrogens is 865 g/mol. The smallest absolute Gasteiger partial charge is 0.335 e. The first-order chi connectivity index (χ1) is 30.7. The molecule has 0 radical (unpaired) electrons. The molecule has 0 amide bonds. The Labute approximate surface area is 387 Å². The lowest BCUT2D eigenvalue weighted by atomic mass is 9.33. The lowest BCUT2D eigenvalue weighted by molar-refractivity contribution is -0.396. The fourth-order valence-electron chi connectivity index (χ4n) is 15.1. The van der Waals surface area contributed by atoms with Crippen molar-refractivity contribution in [2.24, 2.45) is 50.2 Å². The SMILES string of the molecule is C[C@@H]1O[C@@H](O[C@@H]2[C@H](O[C@H]3[C@H](O[C@H]4CC[C@]5(C)C6CC=C7C8CC(C)(C)C[C@@H](O)[C@]8(C)CC[C@@]7(C)[C@]6(C)CC[C@H]5[C@@]4(C)CO)O[C@H](C(=O)O)[C@@H](O)[C@@H]3O)O[C@H](CO)[C@H](O)[C@H]2O)[C@H](O)[C@H](O)[C@H]1O. The van der Waals surface area contributed by atoms with Crippen LogP contribution in [0.3, 0.4) is 0 Å². The molecule has 0 aromatic rings. The quantitative estimate of drug-likeness (QED) is 0.112. The molecule has 0 aromatic carbocycles. The monoisotopic (exact) mass is 943 g/mol. The third-order valence-corrected chi connectivity index (χ3v) is 19.5. The summed E-state index contributed by atoms with van der Waals surface area (Å²) < 4.78 is 36.2. The van der Waals surface area contributed by atoms with Crippen molar-refractivity contribution in [3.8, 4) is 0 Å². The second-order valence-corrected chi connectivity index (χ2v) is 23.6. The molecule has 25 atom stereocenters. The number of rotatable bonds is 9. The molecule has 3 aliphatic heterocycles. The molecular formula is C48H78O18. The first kappa shape index (κ1) is 50.9. The summed E-state index contributed by atoms with van der Waals surface area (Å²) in [5.74, 6) is -1.16. The van der Waals surface area contributed by atoms with E-state index in [0.717, 1.165) is 44.9 Å². The van der Waals surface area contributed by atoms with Crippen molar-refractivity contribution < 1.29 is 89.4 Å². The molecule has 378 valence electrons. The fourth-order valence-corrected chi connectivity index (χ4v) is 15.1. The van der Waals surface area contributed by atoms with Gasteiger partial charge in [0.1, 0.15) is 61.0 Å². The first-order valence-corrected chi connectivity index (χ1v) is 24.3. The normalized spacial score (nSPS) is 55.9. The molecule has 0 spiro atoms. The van der Waals surface area contributed by atoms with Crippen molar-refractivity contribution in [2.45, 2.75) is 218 Å². The van der Waals surface area contributed by atoms with Gasteiger partial charge in [-0.2, -0.15) is 0 Å². The van der Waals surface area contributed by atoms with Gasteiger partial charge < -0.3 is 84.6 Å². The zero-order valence-electron chi connectivity index (χ0n) is 39.7. The van der Waals surface area contributed by atoms with Gasteiger partial charge in [0.05, 0.1) is 31.5 Å². The minimum Gasteiger partial charge on any atom is -0.479 e. The van der Waals surface area contributed by atoms with Crippen molar-refractivity contribution in [1.29, 1.82) is 0 Å². The first-order valence-electron chi connectivity index (χ1n) is 24.3. The molecule has 18 nitrogen and oxygen atoms in total. The van der Waals surface area contributed by atoms with Crippen molar-refractivity contribution in [3.05, 3.63) is 11.6 Å². The highest BCUT2D eigenvalue weighted by molar-refractivity contribution is 5.73. The predicted molar refractivity (Wildman–Crippen MR) is 231 cm³/mol. The summed E-state index contributed by atoms with van der Waals surface area (Å²) in [4.78, 5) is 12.5. The van der Waals surface area contributed by atoms with E-state index in [1.807, 2.05) is 6.92 Å². The van der Waals surface area contributed by atoms with Gasteiger partial charge in [0.25, 0.3) is 0 Å². The Hall–Kier alpha value is -1.43. The van der Waals surface area contributed by atoms with Crippen LogP contribution in [-0.4, -0.2) is 180 Å². The van der Waals surface area contributed by atoms with Crippen LogP contribution in [0, 0.1) is 50.2 Å². The second-order valence-electron chi connectivity index (χ2n) is 23.6. The van der Waals surface area contributed by atoms with Crippen LogP contribution in [0.1, 0.15) is 113 Å². The molecule has 0 bridgehead atoms. The second kappa shape index (κ2) is 17.7. The van der Waals surface area contributed by atoms with Crippen molar-refractivity contribution in [2.75, 3.05) is 13.2 Å². The van der Waals surface area contributed by atoms with Crippen molar-refractivity contribution in [3.63, 3.8) is 0 Å². The molecule has 18 heteroatoms. The molecule has 7 fully saturated rings. The maximum absolute atomic E-state index is 12.5. The Kier molecular flexibility index (Phi) is 13.7. The molecule has 5 aliphatic carbocycles. The highest BCUT2D eigenvalue weighted by atomic mass is 16.8. The van der Waals surface area contributed by atoms with E-state index in [1.54, 1.807) is 0 Å². The van der Waals surface area contributed by atoms with E-state index in [1.165, 1.54) is 12.5 Å². The van der Waals surface area contributed by atoms with Gasteiger partial charge in [-0.1, -0.05) is 60.1 Å². The van der Waals surface area contributed by atoms with E-state index in [-0.39, 0.29) is 57.5 Å². The van der Waals surface area contributed by atoms with Crippen LogP contribution in [0.25, 0.3) is 0 Å². The number of ether oxygens (including phenoxy) is 6. The summed E-state index contributed by atoms with van der Waals surface area (Å²) in [6.45, 7) is 16.3. The van der Waals surface area contributed by atoms with Crippen LogP contribution >= 0.6 is 0 Å². The number of hydrogen-bond acceptors (Lipinski definition) is 17. The average Bonchev–Trinajstić information content (AvgIpc) is 3.25. The zero-order chi connectivity index (χ0) is 48.4. The number of allylic oxidation sites excluding steroid dienone is 2. The van der Waals surface area contributed by atoms with Gasteiger partial charge in [-0.25, -0.2) is 4.79 Å². The highest BCUT2D eigenvalue weighted by Gasteiger charge is 2.70. The lowest BCUT2D eigenvalue weighted by Crippen LogP contribution is -2.68. The topological polar surface area (TPSA) is 295 Å². The van der Waals surface area contributed by atoms with Crippen LogP contribution in [-0.2, 0) is 33.2 Å². The van der Waals surface area contributed by atoms with Gasteiger partial charge >= 0.3 is 5.97 Å². The van der Waals surface area contributed by atoms with E-state index in [9.17, 15) is 61.0 Å². The van der Waals surface area contributed by atoms with Gasteiger partial charge in [0.15, 0.2) is 25.0 Å². The van der Waals surface area contributed by atoms with Gasteiger partial charge in [-0.15, -0.1) is 0 Å². The average molecular weight is 943 g/mol. The van der Waals surface area contributed by atoms with Gasteiger partial charge in [0.2, 0.25) is 0 Å². The Morgan fingerprint density at radius 3 is 1.94 bits per heavy atom. The number of carbonyl (C=O) groups is 1. The minimum atomic E-state index is -2.07. The number of aliphatic hydroxyl groups excluding tert-OH is 10. The molecule has 66 heavy (non-hydrogen) atoms. The van der Waals surface area contributed by atoms with E-state index < -0.39 is 116 Å². The minimum absolute atomic E-state index is 0.0166. The number of aliphatic carboxylic acids is 1. The van der Waals surface area contributed by atoms with Gasteiger partial charge in [-0.3, -0.25) is 0 Å². The largest absolute Gasteiger partial charge is 0.479 e. The fraction of sp³-hybridized carbons (Fsp3) is 0.938. The Morgan fingerprint density at radius 2 is 1.30 bits per heavy atom. The maximum Gasteiger partial charge on any atom is 0.335 e. The maximum atomic E-state index is 12.5. The lowest BCUT2D eigenvalue weighted by Gasteiger charge is -2.72. The van der Waals surface area contributed by atoms with Crippen LogP contribution in [0.5, 0.6) is 0 Å². The van der Waals surface area contributed by atoms with Crippen molar-refractivity contribution >= 4 is 5.97 Å². The Bertz CT molecular complexity index is 1820. The van der Waals surface area contributed by atoms with Crippen LogP contribution in [0.2, 0.25) is 0 Å². The number of aliphatic hydroxyl groups is 10.